The number of esters is 1. The Morgan fingerprint density at radius 1 is 1.35 bits per heavy atom. The van der Waals surface area contributed by atoms with E-state index >= 15 is 0 Å². The molecule has 3 aliphatic rings. The largest absolute Gasteiger partial charge is 0.469 e. The van der Waals surface area contributed by atoms with Crippen molar-refractivity contribution in [3.05, 3.63) is 0 Å². The van der Waals surface area contributed by atoms with E-state index < -0.39 is 0 Å². The van der Waals surface area contributed by atoms with Crippen molar-refractivity contribution in [1.29, 1.82) is 0 Å². The van der Waals surface area contributed by atoms with Crippen molar-refractivity contribution < 1.29 is 19.0 Å². The van der Waals surface area contributed by atoms with E-state index in [2.05, 4.69) is 4.90 Å². The molecular weight excluding hydrogens is 258 g/mol. The molecule has 3 aliphatic heterocycles. The lowest BCUT2D eigenvalue weighted by molar-refractivity contribution is -0.149. The Balaban J connectivity index is 1.61. The topological polar surface area (TPSA) is 48.0 Å². The van der Waals surface area contributed by atoms with Crippen LogP contribution in [0.3, 0.4) is 0 Å². The van der Waals surface area contributed by atoms with Crippen LogP contribution < -0.4 is 0 Å². The monoisotopic (exact) mass is 283 g/mol. The Labute approximate surface area is 120 Å². The lowest BCUT2D eigenvalue weighted by Crippen LogP contribution is -2.52. The fourth-order valence-corrected chi connectivity index (χ4v) is 3.87. The molecular formula is C15H25NO4. The molecule has 0 aliphatic carbocycles. The van der Waals surface area contributed by atoms with E-state index in [1.807, 2.05) is 0 Å². The van der Waals surface area contributed by atoms with E-state index in [1.165, 1.54) is 7.11 Å². The van der Waals surface area contributed by atoms with Crippen molar-refractivity contribution in [1.82, 2.24) is 4.90 Å². The van der Waals surface area contributed by atoms with Crippen molar-refractivity contribution in [2.45, 2.75) is 43.7 Å². The van der Waals surface area contributed by atoms with Gasteiger partial charge in [-0.15, -0.1) is 0 Å². The predicted octanol–water partition coefficient (Wildman–Crippen LogP) is 1.21. The first-order chi connectivity index (χ1) is 9.72. The summed E-state index contributed by atoms with van der Waals surface area (Å²) in [5, 5.41) is 0. The quantitative estimate of drug-likeness (QED) is 0.713. The van der Waals surface area contributed by atoms with Gasteiger partial charge < -0.3 is 14.2 Å². The van der Waals surface area contributed by atoms with Crippen LogP contribution in [-0.2, 0) is 19.0 Å². The zero-order valence-corrected chi connectivity index (χ0v) is 12.3. The number of likely N-dealkylation sites (tertiary alicyclic amines) is 1. The van der Waals surface area contributed by atoms with E-state index in [9.17, 15) is 4.79 Å². The smallest absolute Gasteiger partial charge is 0.309 e. The number of hydrogen-bond donors (Lipinski definition) is 0. The third-order valence-electron chi connectivity index (χ3n) is 5.04. The van der Waals surface area contributed by atoms with Crippen LogP contribution in [-0.4, -0.2) is 62.5 Å². The van der Waals surface area contributed by atoms with E-state index in [4.69, 9.17) is 14.2 Å². The summed E-state index contributed by atoms with van der Waals surface area (Å²) in [6.45, 7) is 4.30. The molecule has 0 radical (unpaired) electrons. The van der Waals surface area contributed by atoms with Crippen molar-refractivity contribution >= 4 is 5.97 Å². The normalized spacial score (nSPS) is 39.0. The molecule has 3 atom stereocenters. The fraction of sp³-hybridized carbons (Fsp3) is 0.933. The van der Waals surface area contributed by atoms with Gasteiger partial charge in [0.1, 0.15) is 0 Å². The number of ether oxygens (including phenoxy) is 3. The van der Waals surface area contributed by atoms with Crippen molar-refractivity contribution in [3.63, 3.8) is 0 Å². The average molecular weight is 283 g/mol. The van der Waals surface area contributed by atoms with Crippen LogP contribution in [0.1, 0.15) is 32.1 Å². The molecule has 20 heavy (non-hydrogen) atoms. The summed E-state index contributed by atoms with van der Waals surface area (Å²) in [6.07, 6.45) is 5.16. The first-order valence-electron chi connectivity index (χ1n) is 7.76. The highest BCUT2D eigenvalue weighted by Crippen LogP contribution is 2.36. The van der Waals surface area contributed by atoms with Crippen LogP contribution in [0.4, 0.5) is 0 Å². The zero-order chi connectivity index (χ0) is 14.0. The Hall–Kier alpha value is -0.650. The van der Waals surface area contributed by atoms with Gasteiger partial charge in [-0.25, -0.2) is 0 Å². The highest BCUT2D eigenvalue weighted by atomic mass is 16.6. The molecule has 3 saturated heterocycles. The highest BCUT2D eigenvalue weighted by Gasteiger charge is 2.43. The first-order valence-corrected chi connectivity index (χ1v) is 7.76. The third kappa shape index (κ3) is 2.85. The van der Waals surface area contributed by atoms with Crippen LogP contribution >= 0.6 is 0 Å². The summed E-state index contributed by atoms with van der Waals surface area (Å²) < 4.78 is 16.4. The molecule has 5 nitrogen and oxygen atoms in total. The molecule has 3 heterocycles. The van der Waals surface area contributed by atoms with Crippen molar-refractivity contribution in [2.75, 3.05) is 40.0 Å². The van der Waals surface area contributed by atoms with Crippen molar-refractivity contribution in [2.24, 2.45) is 5.92 Å². The zero-order valence-electron chi connectivity index (χ0n) is 12.3. The Kier molecular flexibility index (Phi) is 4.29. The first kappa shape index (κ1) is 14.3. The van der Waals surface area contributed by atoms with Gasteiger partial charge in [0, 0.05) is 32.2 Å². The number of rotatable bonds is 2. The summed E-state index contributed by atoms with van der Waals surface area (Å²) >= 11 is 0. The second kappa shape index (κ2) is 6.00. The van der Waals surface area contributed by atoms with Gasteiger partial charge >= 0.3 is 5.97 Å². The standard InChI is InChI=1S/C15H25NO4/c1-18-14(17)12-3-2-6-16(10-12)13-4-7-20-15(9-13)5-8-19-11-15/h12-13H,2-11H2,1H3/t12-,13?,15?/m0/s1. The van der Waals surface area contributed by atoms with Crippen molar-refractivity contribution in [3.8, 4) is 0 Å². The van der Waals surface area contributed by atoms with E-state index in [0.29, 0.717) is 6.04 Å². The van der Waals surface area contributed by atoms with Gasteiger partial charge in [0.15, 0.2) is 0 Å². The molecule has 0 N–H and O–H groups in total. The van der Waals surface area contributed by atoms with Gasteiger partial charge in [-0.3, -0.25) is 9.69 Å². The van der Waals surface area contributed by atoms with E-state index in [-0.39, 0.29) is 17.5 Å². The van der Waals surface area contributed by atoms with Crippen LogP contribution in [0.2, 0.25) is 0 Å². The van der Waals surface area contributed by atoms with Gasteiger partial charge in [-0.2, -0.15) is 0 Å². The van der Waals surface area contributed by atoms with Crippen LogP contribution in [0.15, 0.2) is 0 Å². The molecule has 5 heteroatoms. The highest BCUT2D eigenvalue weighted by molar-refractivity contribution is 5.72. The Morgan fingerprint density at radius 2 is 2.25 bits per heavy atom. The maximum absolute atomic E-state index is 11.8. The molecule has 114 valence electrons. The minimum absolute atomic E-state index is 0.0485. The molecule has 0 aromatic heterocycles. The summed E-state index contributed by atoms with van der Waals surface area (Å²) in [7, 11) is 1.49. The summed E-state index contributed by atoms with van der Waals surface area (Å²) in [5.41, 5.74) is -0.0544. The summed E-state index contributed by atoms with van der Waals surface area (Å²) in [5.74, 6) is -0.00644. The van der Waals surface area contributed by atoms with Gasteiger partial charge in [0.2, 0.25) is 0 Å². The second-order valence-electron chi connectivity index (χ2n) is 6.34. The Morgan fingerprint density at radius 3 is 3.00 bits per heavy atom. The second-order valence-corrected chi connectivity index (χ2v) is 6.34. The molecule has 3 fully saturated rings. The molecule has 2 unspecified atom stereocenters. The summed E-state index contributed by atoms with van der Waals surface area (Å²) in [6, 6.07) is 0.526. The molecule has 0 aromatic rings. The maximum atomic E-state index is 11.8. The predicted molar refractivity (Wildman–Crippen MR) is 73.5 cm³/mol. The lowest BCUT2D eigenvalue weighted by atomic mass is 9.87. The van der Waals surface area contributed by atoms with E-state index in [1.54, 1.807) is 0 Å². The SMILES string of the molecule is COC(=O)[C@H]1CCCN(C2CCOC3(CCOC3)C2)C1. The third-order valence-corrected chi connectivity index (χ3v) is 5.04. The average Bonchev–Trinajstić information content (AvgIpc) is 2.94. The number of piperidine rings is 1. The number of nitrogens with zero attached hydrogens (tertiary/aromatic N) is 1. The van der Waals surface area contributed by atoms with Gasteiger partial charge in [0.25, 0.3) is 0 Å². The number of carbonyl (C=O) groups is 1. The molecule has 1 spiro atoms. The van der Waals surface area contributed by atoms with Crippen LogP contribution in [0.5, 0.6) is 0 Å². The Bertz CT molecular complexity index is 354. The summed E-state index contributed by atoms with van der Waals surface area (Å²) in [4.78, 5) is 14.2. The molecule has 3 rings (SSSR count). The molecule has 0 bridgehead atoms. The molecule has 0 aromatic carbocycles. The molecule has 0 saturated carbocycles. The van der Waals surface area contributed by atoms with Gasteiger partial charge in [-0.1, -0.05) is 0 Å². The maximum Gasteiger partial charge on any atom is 0.309 e. The fourth-order valence-electron chi connectivity index (χ4n) is 3.87. The number of carbonyl (C=O) groups excluding carboxylic acids is 1. The minimum atomic E-state index is -0.0549. The van der Waals surface area contributed by atoms with E-state index in [0.717, 1.165) is 65.0 Å². The lowest BCUT2D eigenvalue weighted by Gasteiger charge is -2.44. The number of methoxy groups -OCH3 is 1. The van der Waals surface area contributed by atoms with Gasteiger partial charge in [-0.05, 0) is 32.2 Å². The molecule has 0 amide bonds. The van der Waals surface area contributed by atoms with Gasteiger partial charge in [0.05, 0.1) is 25.2 Å². The van der Waals surface area contributed by atoms with Crippen LogP contribution in [0, 0.1) is 5.92 Å². The number of hydrogen-bond acceptors (Lipinski definition) is 5. The minimum Gasteiger partial charge on any atom is -0.469 e. The van der Waals surface area contributed by atoms with Crippen LogP contribution in [0.25, 0.3) is 0 Å².